The van der Waals surface area contributed by atoms with Crippen LogP contribution in [0.15, 0.2) is 24.3 Å². The van der Waals surface area contributed by atoms with E-state index in [-0.39, 0.29) is 25.0 Å². The first-order valence-electron chi connectivity index (χ1n) is 7.56. The molecule has 2 N–H and O–H groups in total. The van der Waals surface area contributed by atoms with Crippen LogP contribution in [0.25, 0.3) is 0 Å². The molecule has 2 amide bonds. The number of rotatable bonds is 5. The molecule has 0 spiro atoms. The summed E-state index contributed by atoms with van der Waals surface area (Å²) in [7, 11) is 0. The third-order valence-corrected chi connectivity index (χ3v) is 3.89. The number of likely N-dealkylation sites (tertiary alicyclic amines) is 1. The molecule has 2 rings (SSSR count). The predicted octanol–water partition coefficient (Wildman–Crippen LogP) is 1.21. The van der Waals surface area contributed by atoms with Crippen LogP contribution in [0, 0.1) is 5.82 Å². The molecular weight excluding hydrogens is 287 g/mol. The molecule has 1 atom stereocenters. The first-order valence-corrected chi connectivity index (χ1v) is 7.56. The van der Waals surface area contributed by atoms with Crippen molar-refractivity contribution < 1.29 is 19.1 Å². The van der Waals surface area contributed by atoms with E-state index in [1.807, 2.05) is 0 Å². The molecule has 0 bridgehead atoms. The van der Waals surface area contributed by atoms with Gasteiger partial charge in [0.05, 0.1) is 0 Å². The topological polar surface area (TPSA) is 69.6 Å². The lowest BCUT2D eigenvalue weighted by molar-refractivity contribution is -0.146. The minimum absolute atomic E-state index is 0.0382. The van der Waals surface area contributed by atoms with E-state index in [0.29, 0.717) is 19.4 Å². The molecule has 5 nitrogen and oxygen atoms in total. The largest absolute Gasteiger partial charge is 0.396 e. The number of carbonyl (C=O) groups is 2. The van der Waals surface area contributed by atoms with Crippen LogP contribution < -0.4 is 5.32 Å². The number of hydrogen-bond donors (Lipinski definition) is 2. The normalized spacial score (nSPS) is 17.5. The van der Waals surface area contributed by atoms with E-state index in [1.54, 1.807) is 17.0 Å². The van der Waals surface area contributed by atoms with E-state index in [2.05, 4.69) is 5.32 Å². The van der Waals surface area contributed by atoms with E-state index in [0.717, 1.165) is 18.4 Å². The Kier molecular flexibility index (Phi) is 5.89. The van der Waals surface area contributed by atoms with Gasteiger partial charge in [-0.05, 0) is 43.4 Å². The molecule has 0 radical (unpaired) electrons. The van der Waals surface area contributed by atoms with Gasteiger partial charge in [-0.3, -0.25) is 9.59 Å². The van der Waals surface area contributed by atoms with Gasteiger partial charge in [-0.25, -0.2) is 4.39 Å². The Balaban J connectivity index is 1.85. The quantitative estimate of drug-likeness (QED) is 0.803. The van der Waals surface area contributed by atoms with Crippen LogP contribution in [0.2, 0.25) is 0 Å². The van der Waals surface area contributed by atoms with Gasteiger partial charge >= 0.3 is 11.8 Å². The van der Waals surface area contributed by atoms with Gasteiger partial charge in [0.25, 0.3) is 0 Å². The summed E-state index contributed by atoms with van der Waals surface area (Å²) < 4.78 is 12.8. The highest BCUT2D eigenvalue weighted by atomic mass is 19.1. The van der Waals surface area contributed by atoms with Crippen molar-refractivity contribution in [2.45, 2.75) is 38.3 Å². The Morgan fingerprint density at radius 1 is 1.32 bits per heavy atom. The zero-order valence-corrected chi connectivity index (χ0v) is 12.4. The predicted molar refractivity (Wildman–Crippen MR) is 79.3 cm³/mol. The Morgan fingerprint density at radius 2 is 2.05 bits per heavy atom. The molecule has 1 aliphatic heterocycles. The lowest BCUT2D eigenvalue weighted by Crippen LogP contribution is -2.45. The zero-order valence-electron chi connectivity index (χ0n) is 12.4. The minimum Gasteiger partial charge on any atom is -0.396 e. The fraction of sp³-hybridized carbons (Fsp3) is 0.500. The second-order valence-electron chi connectivity index (χ2n) is 5.47. The van der Waals surface area contributed by atoms with Crippen LogP contribution in [0.5, 0.6) is 0 Å². The number of nitrogens with one attached hydrogen (secondary N) is 1. The van der Waals surface area contributed by atoms with Crippen molar-refractivity contribution in [3.8, 4) is 0 Å². The van der Waals surface area contributed by atoms with Gasteiger partial charge in [0.15, 0.2) is 0 Å². The molecule has 1 aliphatic rings. The highest BCUT2D eigenvalue weighted by molar-refractivity contribution is 6.35. The number of benzene rings is 1. The maximum Gasteiger partial charge on any atom is 0.312 e. The highest BCUT2D eigenvalue weighted by Gasteiger charge is 2.31. The average molecular weight is 308 g/mol. The molecule has 6 heteroatoms. The summed E-state index contributed by atoms with van der Waals surface area (Å²) >= 11 is 0. The summed E-state index contributed by atoms with van der Waals surface area (Å²) in [6, 6.07) is 5.81. The fourth-order valence-electron chi connectivity index (χ4n) is 2.72. The summed E-state index contributed by atoms with van der Waals surface area (Å²) in [6.07, 6.45) is 3.10. The van der Waals surface area contributed by atoms with Crippen LogP contribution in [0.4, 0.5) is 4.39 Å². The van der Waals surface area contributed by atoms with Gasteiger partial charge in [0.2, 0.25) is 0 Å². The lowest BCUT2D eigenvalue weighted by atomic mass is 10.1. The van der Waals surface area contributed by atoms with Crippen LogP contribution >= 0.6 is 0 Å². The number of amides is 2. The number of halogens is 1. The van der Waals surface area contributed by atoms with Crippen molar-refractivity contribution in [1.29, 1.82) is 0 Å². The Morgan fingerprint density at radius 3 is 2.73 bits per heavy atom. The highest BCUT2D eigenvalue weighted by Crippen LogP contribution is 2.21. The molecule has 1 fully saturated rings. The molecule has 0 saturated carbocycles. The minimum atomic E-state index is -0.639. The first-order chi connectivity index (χ1) is 10.6. The van der Waals surface area contributed by atoms with Crippen molar-refractivity contribution >= 4 is 11.8 Å². The van der Waals surface area contributed by atoms with Gasteiger partial charge < -0.3 is 15.3 Å². The molecule has 0 aromatic heterocycles. The standard InChI is InChI=1S/C16H21FN2O3/c17-13-7-5-12(6-8-13)11-18-15(21)16(22)19-9-1-3-14(19)4-2-10-20/h5-8,14,20H,1-4,9-11H2,(H,18,21). The van der Waals surface area contributed by atoms with E-state index >= 15 is 0 Å². The number of aliphatic hydroxyl groups excluding tert-OH is 1. The summed E-state index contributed by atoms with van der Waals surface area (Å²) in [4.78, 5) is 25.7. The second kappa shape index (κ2) is 7.89. The zero-order chi connectivity index (χ0) is 15.9. The third kappa shape index (κ3) is 4.27. The van der Waals surface area contributed by atoms with Crippen molar-refractivity contribution in [2.24, 2.45) is 0 Å². The van der Waals surface area contributed by atoms with Gasteiger partial charge in [-0.15, -0.1) is 0 Å². The van der Waals surface area contributed by atoms with Gasteiger partial charge in [-0.2, -0.15) is 0 Å². The van der Waals surface area contributed by atoms with Crippen molar-refractivity contribution in [1.82, 2.24) is 10.2 Å². The van der Waals surface area contributed by atoms with Gasteiger partial charge in [0.1, 0.15) is 5.82 Å². The molecular formula is C16H21FN2O3. The van der Waals surface area contributed by atoms with E-state index in [4.69, 9.17) is 5.11 Å². The summed E-state index contributed by atoms with van der Waals surface area (Å²) in [5, 5.41) is 11.5. The van der Waals surface area contributed by atoms with Crippen molar-refractivity contribution in [3.05, 3.63) is 35.6 Å². The Labute approximate surface area is 129 Å². The smallest absolute Gasteiger partial charge is 0.312 e. The second-order valence-corrected chi connectivity index (χ2v) is 5.47. The SMILES string of the molecule is O=C(NCc1ccc(F)cc1)C(=O)N1CCCC1CCCO. The van der Waals surface area contributed by atoms with Crippen LogP contribution in [-0.4, -0.2) is 41.0 Å². The van der Waals surface area contributed by atoms with Crippen molar-refractivity contribution in [2.75, 3.05) is 13.2 Å². The molecule has 1 unspecified atom stereocenters. The van der Waals surface area contributed by atoms with E-state index < -0.39 is 11.8 Å². The maximum atomic E-state index is 12.8. The lowest BCUT2D eigenvalue weighted by Gasteiger charge is -2.23. The molecule has 120 valence electrons. The number of carbonyl (C=O) groups excluding carboxylic acids is 2. The maximum absolute atomic E-state index is 12.8. The van der Waals surface area contributed by atoms with Crippen LogP contribution in [0.1, 0.15) is 31.2 Å². The molecule has 1 aromatic carbocycles. The Bertz CT molecular complexity index is 519. The Hall–Kier alpha value is -1.95. The van der Waals surface area contributed by atoms with Crippen LogP contribution in [-0.2, 0) is 16.1 Å². The molecule has 0 aliphatic carbocycles. The molecule has 1 saturated heterocycles. The molecule has 1 aromatic rings. The monoisotopic (exact) mass is 308 g/mol. The van der Waals surface area contributed by atoms with Crippen LogP contribution in [0.3, 0.4) is 0 Å². The number of nitrogens with zero attached hydrogens (tertiary/aromatic N) is 1. The fourth-order valence-corrected chi connectivity index (χ4v) is 2.72. The first kappa shape index (κ1) is 16.4. The van der Waals surface area contributed by atoms with E-state index in [1.165, 1.54) is 12.1 Å². The summed E-state index contributed by atoms with van der Waals surface area (Å²) in [5.74, 6) is -1.50. The summed E-state index contributed by atoms with van der Waals surface area (Å²) in [5.41, 5.74) is 0.737. The number of aliphatic hydroxyl groups is 1. The van der Waals surface area contributed by atoms with E-state index in [9.17, 15) is 14.0 Å². The summed E-state index contributed by atoms with van der Waals surface area (Å²) in [6.45, 7) is 0.869. The van der Waals surface area contributed by atoms with Gasteiger partial charge in [0, 0.05) is 25.7 Å². The average Bonchev–Trinajstić information content (AvgIpc) is 2.99. The molecule has 22 heavy (non-hydrogen) atoms. The van der Waals surface area contributed by atoms with Crippen molar-refractivity contribution in [3.63, 3.8) is 0 Å². The molecule has 1 heterocycles. The van der Waals surface area contributed by atoms with Gasteiger partial charge in [-0.1, -0.05) is 12.1 Å². The third-order valence-electron chi connectivity index (χ3n) is 3.89. The number of hydrogen-bond acceptors (Lipinski definition) is 3.